The molecule has 0 bridgehead atoms. The first kappa shape index (κ1) is 12.6. The summed E-state index contributed by atoms with van der Waals surface area (Å²) in [4.78, 5) is 15.4. The van der Waals surface area contributed by atoms with Crippen molar-refractivity contribution in [3.63, 3.8) is 0 Å². The lowest BCUT2D eigenvalue weighted by atomic mass is 10.2. The second kappa shape index (κ2) is 7.82. The zero-order valence-corrected chi connectivity index (χ0v) is 9.70. The third-order valence-electron chi connectivity index (χ3n) is 2.14. The van der Waals surface area contributed by atoms with Crippen molar-refractivity contribution >= 4 is 5.91 Å². The predicted octanol–water partition coefficient (Wildman–Crippen LogP) is 0.740. The van der Waals surface area contributed by atoms with Crippen LogP contribution in [0.1, 0.15) is 18.9 Å². The number of pyridine rings is 1. The maximum atomic E-state index is 11.5. The third kappa shape index (κ3) is 5.46. The fourth-order valence-electron chi connectivity index (χ4n) is 1.34. The molecule has 4 nitrogen and oxygen atoms in total. The molecule has 0 unspecified atom stereocenters. The van der Waals surface area contributed by atoms with E-state index < -0.39 is 0 Å². The molecule has 0 saturated carbocycles. The molecule has 0 aromatic carbocycles. The summed E-state index contributed by atoms with van der Waals surface area (Å²) in [6, 6.07) is 3.74. The summed E-state index contributed by atoms with van der Waals surface area (Å²) in [5, 5.41) is 6.09. The maximum absolute atomic E-state index is 11.5. The van der Waals surface area contributed by atoms with Crippen molar-refractivity contribution in [2.45, 2.75) is 19.8 Å². The lowest BCUT2D eigenvalue weighted by molar-refractivity contribution is -0.120. The van der Waals surface area contributed by atoms with Crippen molar-refractivity contribution in [1.82, 2.24) is 15.6 Å². The largest absolute Gasteiger partial charge is 0.355 e. The van der Waals surface area contributed by atoms with E-state index in [9.17, 15) is 4.79 Å². The van der Waals surface area contributed by atoms with E-state index in [0.29, 0.717) is 13.0 Å². The molecule has 0 saturated heterocycles. The van der Waals surface area contributed by atoms with Gasteiger partial charge in [-0.2, -0.15) is 0 Å². The molecule has 0 fully saturated rings. The van der Waals surface area contributed by atoms with Crippen molar-refractivity contribution in [1.29, 1.82) is 0 Å². The Kier molecular flexibility index (Phi) is 6.18. The van der Waals surface area contributed by atoms with E-state index >= 15 is 0 Å². The Morgan fingerprint density at radius 3 is 2.94 bits per heavy atom. The van der Waals surface area contributed by atoms with E-state index in [1.54, 1.807) is 12.4 Å². The average molecular weight is 221 g/mol. The van der Waals surface area contributed by atoms with Gasteiger partial charge in [0.1, 0.15) is 0 Å². The zero-order chi connectivity index (χ0) is 11.6. The quantitative estimate of drug-likeness (QED) is 0.668. The molecule has 0 aliphatic carbocycles. The summed E-state index contributed by atoms with van der Waals surface area (Å²) in [5.41, 5.74) is 0.946. The summed E-state index contributed by atoms with van der Waals surface area (Å²) < 4.78 is 0. The minimum absolute atomic E-state index is 0.0475. The van der Waals surface area contributed by atoms with Crippen LogP contribution in [0.15, 0.2) is 24.5 Å². The highest BCUT2D eigenvalue weighted by molar-refractivity contribution is 5.78. The number of carbonyl (C=O) groups is 1. The molecule has 0 aliphatic rings. The summed E-state index contributed by atoms with van der Waals surface area (Å²) in [6.07, 6.45) is 4.94. The van der Waals surface area contributed by atoms with Gasteiger partial charge < -0.3 is 10.6 Å². The van der Waals surface area contributed by atoms with Crippen LogP contribution in [-0.4, -0.2) is 30.5 Å². The summed E-state index contributed by atoms with van der Waals surface area (Å²) in [7, 11) is 0. The highest BCUT2D eigenvalue weighted by Crippen LogP contribution is 1.95. The van der Waals surface area contributed by atoms with Gasteiger partial charge in [0.2, 0.25) is 5.91 Å². The number of hydrogen-bond acceptors (Lipinski definition) is 3. The lowest BCUT2D eigenvalue weighted by Crippen LogP contribution is -2.33. The summed E-state index contributed by atoms with van der Waals surface area (Å²) in [5.74, 6) is 0.0475. The average Bonchev–Trinajstić information content (AvgIpc) is 2.30. The molecule has 0 aliphatic heterocycles. The van der Waals surface area contributed by atoms with Gasteiger partial charge in [-0.1, -0.05) is 13.0 Å². The molecule has 2 N–H and O–H groups in total. The normalized spacial score (nSPS) is 10.1. The highest BCUT2D eigenvalue weighted by Gasteiger charge is 2.01. The van der Waals surface area contributed by atoms with Gasteiger partial charge in [-0.15, -0.1) is 0 Å². The molecular weight excluding hydrogens is 202 g/mol. The molecule has 0 spiro atoms. The number of aromatic nitrogens is 1. The smallest absolute Gasteiger partial charge is 0.224 e. The van der Waals surface area contributed by atoms with E-state index in [1.165, 1.54) is 0 Å². The van der Waals surface area contributed by atoms with Gasteiger partial charge in [-0.3, -0.25) is 9.78 Å². The monoisotopic (exact) mass is 221 g/mol. The van der Waals surface area contributed by atoms with Crippen LogP contribution >= 0.6 is 0 Å². The Morgan fingerprint density at radius 1 is 1.38 bits per heavy atom. The molecular formula is C12H19N3O. The molecule has 0 atom stereocenters. The number of nitrogens with one attached hydrogen (secondary N) is 2. The van der Waals surface area contributed by atoms with Gasteiger partial charge in [0.05, 0.1) is 6.42 Å². The number of rotatable bonds is 7. The molecule has 1 aromatic rings. The van der Waals surface area contributed by atoms with E-state index in [-0.39, 0.29) is 5.91 Å². The molecule has 16 heavy (non-hydrogen) atoms. The van der Waals surface area contributed by atoms with Gasteiger partial charge in [0.25, 0.3) is 0 Å². The fourth-order valence-corrected chi connectivity index (χ4v) is 1.34. The van der Waals surface area contributed by atoms with E-state index in [2.05, 4.69) is 22.5 Å². The van der Waals surface area contributed by atoms with Crippen molar-refractivity contribution in [2.75, 3.05) is 19.6 Å². The first-order valence-electron chi connectivity index (χ1n) is 5.69. The highest BCUT2D eigenvalue weighted by atomic mass is 16.1. The summed E-state index contributed by atoms with van der Waals surface area (Å²) in [6.45, 7) is 4.62. The number of hydrogen-bond donors (Lipinski definition) is 2. The van der Waals surface area contributed by atoms with Crippen LogP contribution in [-0.2, 0) is 11.2 Å². The minimum atomic E-state index is 0.0475. The van der Waals surface area contributed by atoms with Gasteiger partial charge in [0, 0.05) is 25.5 Å². The molecule has 0 radical (unpaired) electrons. The Labute approximate surface area is 96.5 Å². The van der Waals surface area contributed by atoms with Crippen LogP contribution in [0.2, 0.25) is 0 Å². The third-order valence-corrected chi connectivity index (χ3v) is 2.14. The van der Waals surface area contributed by atoms with Crippen molar-refractivity contribution in [3.8, 4) is 0 Å². The van der Waals surface area contributed by atoms with Crippen LogP contribution in [0.4, 0.5) is 0 Å². The molecule has 1 amide bonds. The Morgan fingerprint density at radius 2 is 2.25 bits per heavy atom. The molecule has 4 heteroatoms. The van der Waals surface area contributed by atoms with E-state index in [0.717, 1.165) is 25.1 Å². The molecule has 88 valence electrons. The zero-order valence-electron chi connectivity index (χ0n) is 9.70. The standard InChI is InChI=1S/C12H19N3O/c1-2-5-13-7-8-15-12(16)9-11-4-3-6-14-10-11/h3-4,6,10,13H,2,5,7-9H2,1H3,(H,15,16). The molecule has 1 aromatic heterocycles. The molecule has 1 rings (SSSR count). The number of amides is 1. The first-order chi connectivity index (χ1) is 7.83. The van der Waals surface area contributed by atoms with Crippen LogP contribution < -0.4 is 10.6 Å². The Bertz CT molecular complexity index is 300. The van der Waals surface area contributed by atoms with E-state index in [4.69, 9.17) is 0 Å². The van der Waals surface area contributed by atoms with Crippen molar-refractivity contribution in [2.24, 2.45) is 0 Å². The lowest BCUT2D eigenvalue weighted by Gasteiger charge is -2.05. The topological polar surface area (TPSA) is 54.0 Å². The van der Waals surface area contributed by atoms with Crippen LogP contribution in [0.3, 0.4) is 0 Å². The maximum Gasteiger partial charge on any atom is 0.224 e. The van der Waals surface area contributed by atoms with Gasteiger partial charge in [-0.25, -0.2) is 0 Å². The van der Waals surface area contributed by atoms with Gasteiger partial charge >= 0.3 is 0 Å². The Balaban J connectivity index is 2.12. The first-order valence-corrected chi connectivity index (χ1v) is 5.69. The Hall–Kier alpha value is -1.42. The van der Waals surface area contributed by atoms with Gasteiger partial charge in [0.15, 0.2) is 0 Å². The van der Waals surface area contributed by atoms with Crippen LogP contribution in [0.25, 0.3) is 0 Å². The summed E-state index contributed by atoms with van der Waals surface area (Å²) >= 11 is 0. The minimum Gasteiger partial charge on any atom is -0.355 e. The van der Waals surface area contributed by atoms with E-state index in [1.807, 2.05) is 12.1 Å². The number of nitrogens with zero attached hydrogens (tertiary/aromatic N) is 1. The van der Waals surface area contributed by atoms with Gasteiger partial charge in [-0.05, 0) is 24.6 Å². The predicted molar refractivity (Wildman–Crippen MR) is 64.1 cm³/mol. The van der Waals surface area contributed by atoms with Crippen LogP contribution in [0.5, 0.6) is 0 Å². The second-order valence-electron chi connectivity index (χ2n) is 3.64. The van der Waals surface area contributed by atoms with Crippen LogP contribution in [0, 0.1) is 0 Å². The van der Waals surface area contributed by atoms with Crippen molar-refractivity contribution in [3.05, 3.63) is 30.1 Å². The van der Waals surface area contributed by atoms with Crippen molar-refractivity contribution < 1.29 is 4.79 Å². The SMILES string of the molecule is CCCNCCNC(=O)Cc1cccnc1. The fraction of sp³-hybridized carbons (Fsp3) is 0.500. The second-order valence-corrected chi connectivity index (χ2v) is 3.64. The molecule has 1 heterocycles. The number of carbonyl (C=O) groups excluding carboxylic acids is 1.